The second kappa shape index (κ2) is 7.83. The van der Waals surface area contributed by atoms with E-state index < -0.39 is 5.97 Å². The van der Waals surface area contributed by atoms with Crippen LogP contribution in [0.5, 0.6) is 0 Å². The maximum absolute atomic E-state index is 12.7. The Kier molecular flexibility index (Phi) is 5.26. The molecule has 0 bridgehead atoms. The Labute approximate surface area is 167 Å². The smallest absolute Gasteiger partial charge is 0.343 e. The quantitative estimate of drug-likeness (QED) is 0.838. The fraction of sp³-hybridized carbons (Fsp3) is 0.450. The van der Waals surface area contributed by atoms with Crippen LogP contribution in [0, 0.1) is 0 Å². The Morgan fingerprint density at radius 2 is 1.86 bits per heavy atom. The van der Waals surface area contributed by atoms with E-state index in [1.807, 2.05) is 4.90 Å². The molecule has 0 unspecified atom stereocenters. The standard InChI is InChI=1S/C20H22ClN3O4/c21-14-8-6-13(7-9-14)18-17(20(26)27)19(22-28-18)23-10-11-24(16(25)12-23)15-4-2-1-3-5-15/h6-9,15H,1-5,10-12H2,(H,26,27). The minimum absolute atomic E-state index is 0.0190. The molecule has 1 saturated carbocycles. The van der Waals surface area contributed by atoms with Crippen LogP contribution in [0.2, 0.25) is 5.02 Å². The number of aromatic carboxylic acids is 1. The predicted molar refractivity (Wildman–Crippen MR) is 105 cm³/mol. The summed E-state index contributed by atoms with van der Waals surface area (Å²) in [5, 5.41) is 14.3. The Morgan fingerprint density at radius 1 is 1.14 bits per heavy atom. The van der Waals surface area contributed by atoms with Gasteiger partial charge in [0, 0.05) is 29.7 Å². The van der Waals surface area contributed by atoms with Crippen molar-refractivity contribution < 1.29 is 19.2 Å². The highest BCUT2D eigenvalue weighted by Crippen LogP contribution is 2.33. The van der Waals surface area contributed by atoms with Gasteiger partial charge in [0.2, 0.25) is 5.91 Å². The van der Waals surface area contributed by atoms with E-state index in [0.29, 0.717) is 29.7 Å². The summed E-state index contributed by atoms with van der Waals surface area (Å²) in [6.45, 7) is 1.23. The number of amides is 1. The largest absolute Gasteiger partial charge is 0.477 e. The molecule has 1 amide bonds. The Bertz CT molecular complexity index is 874. The highest BCUT2D eigenvalue weighted by atomic mass is 35.5. The number of carbonyl (C=O) groups excluding carboxylic acids is 1. The molecule has 0 spiro atoms. The maximum Gasteiger partial charge on any atom is 0.343 e. The molecule has 8 heteroatoms. The van der Waals surface area contributed by atoms with Crippen molar-refractivity contribution in [3.63, 3.8) is 0 Å². The third-order valence-corrected chi connectivity index (χ3v) is 5.82. The van der Waals surface area contributed by atoms with Crippen molar-refractivity contribution in [1.82, 2.24) is 10.1 Å². The molecular formula is C20H22ClN3O4. The van der Waals surface area contributed by atoms with Crippen LogP contribution in [0.25, 0.3) is 11.3 Å². The van der Waals surface area contributed by atoms with Crippen molar-refractivity contribution in [3.05, 3.63) is 34.9 Å². The molecule has 7 nitrogen and oxygen atoms in total. The summed E-state index contributed by atoms with van der Waals surface area (Å²) in [4.78, 5) is 28.3. The molecule has 0 atom stereocenters. The monoisotopic (exact) mass is 403 g/mol. The SMILES string of the molecule is O=C(O)c1c(N2CCN(C3CCCCC3)C(=O)C2)noc1-c1ccc(Cl)cc1. The number of hydrogen-bond acceptors (Lipinski definition) is 5. The van der Waals surface area contributed by atoms with Crippen molar-refractivity contribution in [1.29, 1.82) is 0 Å². The first-order chi connectivity index (χ1) is 13.5. The van der Waals surface area contributed by atoms with Gasteiger partial charge in [-0.1, -0.05) is 36.0 Å². The van der Waals surface area contributed by atoms with Gasteiger partial charge in [-0.2, -0.15) is 0 Å². The highest BCUT2D eigenvalue weighted by molar-refractivity contribution is 6.30. The minimum Gasteiger partial charge on any atom is -0.477 e. The lowest BCUT2D eigenvalue weighted by atomic mass is 9.93. The summed E-state index contributed by atoms with van der Waals surface area (Å²) >= 11 is 5.91. The van der Waals surface area contributed by atoms with Crippen LogP contribution in [0.1, 0.15) is 42.5 Å². The maximum atomic E-state index is 12.7. The van der Waals surface area contributed by atoms with Gasteiger partial charge >= 0.3 is 5.97 Å². The van der Waals surface area contributed by atoms with E-state index in [1.165, 1.54) is 6.42 Å². The van der Waals surface area contributed by atoms with Gasteiger partial charge in [-0.15, -0.1) is 0 Å². The molecular weight excluding hydrogens is 382 g/mol. The van der Waals surface area contributed by atoms with E-state index in [4.69, 9.17) is 16.1 Å². The average molecular weight is 404 g/mol. The van der Waals surface area contributed by atoms with E-state index in [2.05, 4.69) is 5.16 Å². The van der Waals surface area contributed by atoms with E-state index in [0.717, 1.165) is 25.7 Å². The number of halogens is 1. The number of carboxylic acid groups (broad SMARTS) is 1. The Morgan fingerprint density at radius 3 is 2.50 bits per heavy atom. The summed E-state index contributed by atoms with van der Waals surface area (Å²) < 4.78 is 5.37. The van der Waals surface area contributed by atoms with Crippen LogP contribution in [0.4, 0.5) is 5.82 Å². The molecule has 4 rings (SSSR count). The molecule has 1 aliphatic heterocycles. The first-order valence-electron chi connectivity index (χ1n) is 9.58. The number of benzene rings is 1. The van der Waals surface area contributed by atoms with Gasteiger partial charge in [0.15, 0.2) is 17.1 Å². The summed E-state index contributed by atoms with van der Waals surface area (Å²) in [5.41, 5.74) is 0.550. The van der Waals surface area contributed by atoms with Crippen LogP contribution >= 0.6 is 11.6 Å². The molecule has 2 aromatic rings. The second-order valence-electron chi connectivity index (χ2n) is 7.32. The molecule has 2 aliphatic rings. The van der Waals surface area contributed by atoms with E-state index >= 15 is 0 Å². The molecule has 2 fully saturated rings. The van der Waals surface area contributed by atoms with Gasteiger partial charge in [-0.05, 0) is 37.1 Å². The topological polar surface area (TPSA) is 86.9 Å². The van der Waals surface area contributed by atoms with Crippen molar-refractivity contribution in [2.45, 2.75) is 38.1 Å². The average Bonchev–Trinajstić information content (AvgIpc) is 3.14. The van der Waals surface area contributed by atoms with E-state index in [1.54, 1.807) is 29.2 Å². The van der Waals surface area contributed by atoms with Crippen molar-refractivity contribution in [2.24, 2.45) is 0 Å². The first kappa shape index (κ1) is 18.8. The number of piperazine rings is 1. The number of aromatic nitrogens is 1. The minimum atomic E-state index is -1.14. The van der Waals surface area contributed by atoms with Crippen molar-refractivity contribution >= 4 is 29.3 Å². The third-order valence-electron chi connectivity index (χ3n) is 5.57. The summed E-state index contributed by atoms with van der Waals surface area (Å²) in [6, 6.07) is 7.01. The molecule has 1 N–H and O–H groups in total. The molecule has 1 aliphatic carbocycles. The zero-order valence-corrected chi connectivity index (χ0v) is 16.2. The van der Waals surface area contributed by atoms with Crippen LogP contribution in [0.3, 0.4) is 0 Å². The van der Waals surface area contributed by atoms with E-state index in [-0.39, 0.29) is 29.6 Å². The van der Waals surface area contributed by atoms with Crippen LogP contribution < -0.4 is 4.90 Å². The number of anilines is 1. The van der Waals surface area contributed by atoms with Crippen molar-refractivity contribution in [2.75, 3.05) is 24.5 Å². The molecule has 1 aromatic heterocycles. The summed E-state index contributed by atoms with van der Waals surface area (Å²) in [5.74, 6) is -0.746. The van der Waals surface area contributed by atoms with Crippen LogP contribution in [-0.2, 0) is 4.79 Å². The second-order valence-corrected chi connectivity index (χ2v) is 7.76. The van der Waals surface area contributed by atoms with Gasteiger partial charge in [-0.25, -0.2) is 4.79 Å². The first-order valence-corrected chi connectivity index (χ1v) is 9.95. The zero-order valence-electron chi connectivity index (χ0n) is 15.4. The lowest BCUT2D eigenvalue weighted by molar-refractivity contribution is -0.134. The normalized spacial score (nSPS) is 18.5. The zero-order chi connectivity index (χ0) is 19.7. The van der Waals surface area contributed by atoms with E-state index in [9.17, 15) is 14.7 Å². The predicted octanol–water partition coefficient (Wildman–Crippen LogP) is 3.67. The van der Waals surface area contributed by atoms with Gasteiger partial charge in [0.05, 0.1) is 6.54 Å². The summed E-state index contributed by atoms with van der Waals surface area (Å²) in [6.07, 6.45) is 5.66. The van der Waals surface area contributed by atoms with Gasteiger partial charge < -0.3 is 19.4 Å². The van der Waals surface area contributed by atoms with Gasteiger partial charge in [-0.3, -0.25) is 4.79 Å². The number of nitrogens with zero attached hydrogens (tertiary/aromatic N) is 3. The molecule has 0 radical (unpaired) electrons. The number of carbonyl (C=O) groups is 2. The molecule has 1 aromatic carbocycles. The third kappa shape index (κ3) is 3.58. The summed E-state index contributed by atoms with van der Waals surface area (Å²) in [7, 11) is 0. The highest BCUT2D eigenvalue weighted by Gasteiger charge is 2.34. The fourth-order valence-corrected chi connectivity index (χ4v) is 4.26. The Balaban J connectivity index is 1.57. The van der Waals surface area contributed by atoms with Gasteiger partial charge in [0.1, 0.15) is 0 Å². The lowest BCUT2D eigenvalue weighted by Crippen LogP contribution is -2.54. The van der Waals surface area contributed by atoms with Crippen LogP contribution in [0.15, 0.2) is 28.8 Å². The Hall–Kier alpha value is -2.54. The van der Waals surface area contributed by atoms with Gasteiger partial charge in [0.25, 0.3) is 0 Å². The number of carboxylic acids is 1. The van der Waals surface area contributed by atoms with Crippen LogP contribution in [-0.4, -0.2) is 52.7 Å². The lowest BCUT2D eigenvalue weighted by Gasteiger charge is -2.40. The number of rotatable bonds is 4. The molecule has 2 heterocycles. The number of hydrogen-bond donors (Lipinski definition) is 1. The fourth-order valence-electron chi connectivity index (χ4n) is 4.13. The van der Waals surface area contributed by atoms with Crippen molar-refractivity contribution in [3.8, 4) is 11.3 Å². The molecule has 148 valence electrons. The molecule has 1 saturated heterocycles. The molecule has 28 heavy (non-hydrogen) atoms.